The molecule has 1 saturated heterocycles. The molecule has 0 aromatic heterocycles. The third-order valence-electron chi connectivity index (χ3n) is 5.49. The lowest BCUT2D eigenvalue weighted by atomic mass is 9.77. The third kappa shape index (κ3) is 2.39. The van der Waals surface area contributed by atoms with Crippen LogP contribution in [0.3, 0.4) is 0 Å². The van der Waals surface area contributed by atoms with Gasteiger partial charge in [-0.05, 0) is 37.5 Å². The van der Waals surface area contributed by atoms with Crippen molar-refractivity contribution in [3.63, 3.8) is 0 Å². The largest absolute Gasteiger partial charge is 0.383 e. The zero-order valence-corrected chi connectivity index (χ0v) is 12.3. The van der Waals surface area contributed by atoms with E-state index in [9.17, 15) is 9.59 Å². The van der Waals surface area contributed by atoms with E-state index in [1.54, 1.807) is 7.11 Å². The summed E-state index contributed by atoms with van der Waals surface area (Å²) in [6.45, 7) is 1.40. The van der Waals surface area contributed by atoms with Crippen molar-refractivity contribution in [1.29, 1.82) is 0 Å². The normalized spacial score (nSPS) is 37.2. The molecule has 3 rings (SSSR count). The molecule has 0 N–H and O–H groups in total. The first-order chi connectivity index (χ1) is 9.72. The molecule has 3 fully saturated rings. The molecule has 0 spiro atoms. The number of hydrogen-bond acceptors (Lipinski definition) is 3. The topological polar surface area (TPSA) is 46.6 Å². The van der Waals surface area contributed by atoms with E-state index in [0.29, 0.717) is 24.9 Å². The Morgan fingerprint density at radius 2 is 2.05 bits per heavy atom. The molecule has 2 aliphatic carbocycles. The molecule has 2 saturated carbocycles. The number of Topliss-reactive ketones (excluding diaryl/α,β-unsaturated/α-hetero) is 1. The van der Waals surface area contributed by atoms with E-state index in [0.717, 1.165) is 32.2 Å². The van der Waals surface area contributed by atoms with Gasteiger partial charge in [0, 0.05) is 20.1 Å². The molecule has 0 aromatic rings. The number of hydrogen-bond donors (Lipinski definition) is 0. The van der Waals surface area contributed by atoms with Crippen molar-refractivity contribution in [1.82, 2.24) is 4.90 Å². The summed E-state index contributed by atoms with van der Waals surface area (Å²) in [4.78, 5) is 27.1. The molecule has 1 aliphatic heterocycles. The van der Waals surface area contributed by atoms with Crippen LogP contribution in [0.15, 0.2) is 0 Å². The van der Waals surface area contributed by atoms with Gasteiger partial charge in [-0.1, -0.05) is 12.8 Å². The number of carbonyl (C=O) groups excluding carboxylic acids is 2. The van der Waals surface area contributed by atoms with Gasteiger partial charge < -0.3 is 9.64 Å². The Hall–Kier alpha value is -0.900. The van der Waals surface area contributed by atoms with Crippen LogP contribution >= 0.6 is 0 Å². The van der Waals surface area contributed by atoms with Gasteiger partial charge in [-0.15, -0.1) is 0 Å². The molecule has 4 heteroatoms. The molecule has 0 aromatic carbocycles. The number of nitrogens with zero attached hydrogens (tertiary/aromatic N) is 1. The predicted molar refractivity (Wildman–Crippen MR) is 75.2 cm³/mol. The van der Waals surface area contributed by atoms with Crippen LogP contribution in [0.1, 0.15) is 44.9 Å². The van der Waals surface area contributed by atoms with Crippen molar-refractivity contribution < 1.29 is 14.3 Å². The van der Waals surface area contributed by atoms with E-state index in [4.69, 9.17) is 4.74 Å². The lowest BCUT2D eigenvalue weighted by molar-refractivity contribution is -0.143. The highest BCUT2D eigenvalue weighted by atomic mass is 16.5. The van der Waals surface area contributed by atoms with Crippen LogP contribution in [0, 0.1) is 17.8 Å². The highest BCUT2D eigenvalue weighted by Gasteiger charge is 2.49. The van der Waals surface area contributed by atoms with Gasteiger partial charge in [-0.3, -0.25) is 9.59 Å². The van der Waals surface area contributed by atoms with E-state index in [-0.39, 0.29) is 23.7 Å². The van der Waals surface area contributed by atoms with Crippen molar-refractivity contribution in [2.24, 2.45) is 17.8 Å². The molecule has 4 atom stereocenters. The Kier molecular flexibility index (Phi) is 4.11. The monoisotopic (exact) mass is 279 g/mol. The first-order valence-corrected chi connectivity index (χ1v) is 8.04. The van der Waals surface area contributed by atoms with Crippen molar-refractivity contribution in [2.75, 3.05) is 20.3 Å². The fourth-order valence-corrected chi connectivity index (χ4v) is 4.54. The molecule has 1 amide bonds. The summed E-state index contributed by atoms with van der Waals surface area (Å²) >= 11 is 0. The van der Waals surface area contributed by atoms with Crippen LogP contribution in [-0.4, -0.2) is 42.9 Å². The number of likely N-dealkylation sites (tertiary alicyclic amines) is 1. The number of ether oxygens (including phenoxy) is 1. The van der Waals surface area contributed by atoms with E-state index >= 15 is 0 Å². The fourth-order valence-electron chi connectivity index (χ4n) is 4.54. The molecular weight excluding hydrogens is 254 g/mol. The standard InChI is InChI=1S/C16H25NO3/c1-20-10-12-6-4-8-17(12)16(19)15-13-7-3-2-5-11(13)9-14(15)18/h11-13,15H,2-10H2,1H3/t11?,12-,13?,15?/m0/s1. The number of rotatable bonds is 3. The molecule has 20 heavy (non-hydrogen) atoms. The van der Waals surface area contributed by atoms with Crippen LogP contribution in [0.4, 0.5) is 0 Å². The second-order valence-corrected chi connectivity index (χ2v) is 6.64. The summed E-state index contributed by atoms with van der Waals surface area (Å²) in [6.07, 6.45) is 7.30. The van der Waals surface area contributed by atoms with E-state index in [2.05, 4.69) is 0 Å². The van der Waals surface area contributed by atoms with Gasteiger partial charge in [-0.2, -0.15) is 0 Å². The van der Waals surface area contributed by atoms with Crippen LogP contribution < -0.4 is 0 Å². The minimum Gasteiger partial charge on any atom is -0.383 e. The summed E-state index contributed by atoms with van der Waals surface area (Å²) in [5.74, 6) is 0.776. The summed E-state index contributed by atoms with van der Waals surface area (Å²) < 4.78 is 5.22. The maximum atomic E-state index is 12.8. The van der Waals surface area contributed by atoms with Gasteiger partial charge in [0.05, 0.1) is 18.6 Å². The summed E-state index contributed by atoms with van der Waals surface area (Å²) in [5, 5.41) is 0. The number of amides is 1. The average Bonchev–Trinajstić information content (AvgIpc) is 3.02. The SMILES string of the molecule is COC[C@@H]1CCCN1C(=O)C1C(=O)CC2CCCCC21. The zero-order chi connectivity index (χ0) is 14.1. The molecule has 4 nitrogen and oxygen atoms in total. The maximum absolute atomic E-state index is 12.8. The van der Waals surface area contributed by atoms with Gasteiger partial charge in [0.25, 0.3) is 0 Å². The van der Waals surface area contributed by atoms with Crippen LogP contribution in [-0.2, 0) is 14.3 Å². The summed E-state index contributed by atoms with van der Waals surface area (Å²) in [7, 11) is 1.68. The molecule has 0 bridgehead atoms. The third-order valence-corrected chi connectivity index (χ3v) is 5.49. The van der Waals surface area contributed by atoms with E-state index < -0.39 is 0 Å². The van der Waals surface area contributed by atoms with Crippen molar-refractivity contribution in [3.05, 3.63) is 0 Å². The van der Waals surface area contributed by atoms with Gasteiger partial charge in [0.15, 0.2) is 0 Å². The lowest BCUT2D eigenvalue weighted by Gasteiger charge is -2.32. The van der Waals surface area contributed by atoms with Gasteiger partial charge in [-0.25, -0.2) is 0 Å². The number of fused-ring (bicyclic) bond motifs is 1. The maximum Gasteiger partial charge on any atom is 0.233 e. The van der Waals surface area contributed by atoms with Gasteiger partial charge in [0.2, 0.25) is 5.91 Å². The van der Waals surface area contributed by atoms with Gasteiger partial charge >= 0.3 is 0 Å². The van der Waals surface area contributed by atoms with E-state index in [1.165, 1.54) is 12.8 Å². The van der Waals surface area contributed by atoms with Gasteiger partial charge in [0.1, 0.15) is 5.78 Å². The van der Waals surface area contributed by atoms with Crippen molar-refractivity contribution in [3.8, 4) is 0 Å². The second kappa shape index (κ2) is 5.84. The first kappa shape index (κ1) is 14.1. The Labute approximate surface area is 120 Å². The van der Waals surface area contributed by atoms with E-state index in [1.807, 2.05) is 4.90 Å². The predicted octanol–water partition coefficient (Wildman–Crippen LogP) is 2.02. The molecule has 3 unspecified atom stereocenters. The minimum atomic E-state index is -0.335. The Balaban J connectivity index is 1.74. The molecule has 3 aliphatic rings. The van der Waals surface area contributed by atoms with Crippen molar-refractivity contribution in [2.45, 2.75) is 51.0 Å². The second-order valence-electron chi connectivity index (χ2n) is 6.64. The zero-order valence-electron chi connectivity index (χ0n) is 12.3. The summed E-state index contributed by atoms with van der Waals surface area (Å²) in [6, 6.07) is 0.183. The lowest BCUT2D eigenvalue weighted by Crippen LogP contribution is -2.45. The molecular formula is C16H25NO3. The van der Waals surface area contributed by atoms with Crippen LogP contribution in [0.25, 0.3) is 0 Å². The Morgan fingerprint density at radius 3 is 2.85 bits per heavy atom. The first-order valence-electron chi connectivity index (χ1n) is 8.04. The average molecular weight is 279 g/mol. The molecule has 1 heterocycles. The number of ketones is 1. The summed E-state index contributed by atoms with van der Waals surface area (Å²) in [5.41, 5.74) is 0. The smallest absolute Gasteiger partial charge is 0.233 e. The van der Waals surface area contributed by atoms with Crippen LogP contribution in [0.2, 0.25) is 0 Å². The highest BCUT2D eigenvalue weighted by molar-refractivity contribution is 6.03. The highest BCUT2D eigenvalue weighted by Crippen LogP contribution is 2.45. The quantitative estimate of drug-likeness (QED) is 0.743. The fraction of sp³-hybridized carbons (Fsp3) is 0.875. The Morgan fingerprint density at radius 1 is 1.25 bits per heavy atom. The number of carbonyl (C=O) groups is 2. The minimum absolute atomic E-state index is 0.101. The number of methoxy groups -OCH3 is 1. The molecule has 0 radical (unpaired) electrons. The van der Waals surface area contributed by atoms with Crippen LogP contribution in [0.5, 0.6) is 0 Å². The molecule has 112 valence electrons. The van der Waals surface area contributed by atoms with Crippen molar-refractivity contribution >= 4 is 11.7 Å². The Bertz CT molecular complexity index is 395.